The number of nitrogens with one attached hydrogen (secondary N) is 1. The van der Waals surface area contributed by atoms with Gasteiger partial charge in [0.15, 0.2) is 0 Å². The van der Waals surface area contributed by atoms with E-state index in [2.05, 4.69) is 5.32 Å². The average Bonchev–Trinajstić information content (AvgIpc) is 2.94. The second-order valence-electron chi connectivity index (χ2n) is 11.2. The molecular formula is C33H41N3O4S. The molecule has 7 nitrogen and oxygen atoms in total. The van der Waals surface area contributed by atoms with Crippen molar-refractivity contribution in [2.75, 3.05) is 17.1 Å². The molecule has 0 aliphatic heterocycles. The van der Waals surface area contributed by atoms with Gasteiger partial charge in [-0.3, -0.25) is 13.9 Å². The first-order chi connectivity index (χ1) is 19.6. The fraction of sp³-hybridized carbons (Fsp3) is 0.394. The summed E-state index contributed by atoms with van der Waals surface area (Å²) in [5.74, 6) is -0.638. The molecule has 1 aliphatic carbocycles. The van der Waals surface area contributed by atoms with E-state index < -0.39 is 28.5 Å². The Morgan fingerprint density at radius 3 is 1.98 bits per heavy atom. The van der Waals surface area contributed by atoms with Crippen molar-refractivity contribution in [3.05, 3.63) is 101 Å². The van der Waals surface area contributed by atoms with Crippen LogP contribution in [0.5, 0.6) is 0 Å². The summed E-state index contributed by atoms with van der Waals surface area (Å²) >= 11 is 0. The van der Waals surface area contributed by atoms with E-state index in [1.54, 1.807) is 17.0 Å². The lowest BCUT2D eigenvalue weighted by Gasteiger charge is -2.35. The monoisotopic (exact) mass is 575 g/mol. The Balaban J connectivity index is 1.71. The molecule has 41 heavy (non-hydrogen) atoms. The molecule has 1 fully saturated rings. The summed E-state index contributed by atoms with van der Waals surface area (Å²) in [5, 5.41) is 3.23. The summed E-state index contributed by atoms with van der Waals surface area (Å²) in [6.45, 7) is 3.56. The number of aryl methyl sites for hydroxylation is 2. The molecule has 0 spiro atoms. The predicted octanol–water partition coefficient (Wildman–Crippen LogP) is 5.16. The SMILES string of the molecule is Cc1cc(C)cc(N(CC(=O)N(Cc2ccccc2)C(Cc2ccccc2)C(=O)NC2CCCCC2)S(C)(=O)=O)c1. The molecule has 2 amide bonds. The highest BCUT2D eigenvalue weighted by molar-refractivity contribution is 7.92. The summed E-state index contributed by atoms with van der Waals surface area (Å²) in [5.41, 5.74) is 4.02. The van der Waals surface area contributed by atoms with Crippen molar-refractivity contribution in [1.82, 2.24) is 10.2 Å². The first kappa shape index (κ1) is 30.3. The van der Waals surface area contributed by atoms with Crippen molar-refractivity contribution in [2.24, 2.45) is 0 Å². The maximum atomic E-state index is 14.2. The Morgan fingerprint density at radius 2 is 1.41 bits per heavy atom. The Kier molecular flexibility index (Phi) is 10.2. The van der Waals surface area contributed by atoms with E-state index in [1.807, 2.05) is 80.6 Å². The zero-order valence-corrected chi connectivity index (χ0v) is 25.1. The van der Waals surface area contributed by atoms with Gasteiger partial charge in [-0.1, -0.05) is 86.0 Å². The van der Waals surface area contributed by atoms with Crippen LogP contribution in [0.2, 0.25) is 0 Å². The number of amides is 2. The van der Waals surface area contributed by atoms with Crippen LogP contribution in [0.4, 0.5) is 5.69 Å². The molecule has 3 aromatic carbocycles. The number of benzene rings is 3. The normalized spacial score (nSPS) is 14.7. The summed E-state index contributed by atoms with van der Waals surface area (Å²) < 4.78 is 27.2. The molecule has 1 N–H and O–H groups in total. The quantitative estimate of drug-likeness (QED) is 0.342. The van der Waals surface area contributed by atoms with Crippen LogP contribution in [-0.4, -0.2) is 50.0 Å². The number of sulfonamides is 1. The number of carbonyl (C=O) groups is 2. The zero-order valence-electron chi connectivity index (χ0n) is 24.3. The number of hydrogen-bond acceptors (Lipinski definition) is 4. The largest absolute Gasteiger partial charge is 0.352 e. The van der Waals surface area contributed by atoms with Gasteiger partial charge in [-0.15, -0.1) is 0 Å². The first-order valence-electron chi connectivity index (χ1n) is 14.3. The molecule has 3 aromatic rings. The van der Waals surface area contributed by atoms with E-state index in [9.17, 15) is 18.0 Å². The van der Waals surface area contributed by atoms with Crippen LogP contribution >= 0.6 is 0 Å². The highest BCUT2D eigenvalue weighted by Crippen LogP contribution is 2.24. The van der Waals surface area contributed by atoms with Crippen LogP contribution in [0.3, 0.4) is 0 Å². The second-order valence-corrected chi connectivity index (χ2v) is 13.1. The molecule has 1 saturated carbocycles. The van der Waals surface area contributed by atoms with E-state index >= 15 is 0 Å². The minimum Gasteiger partial charge on any atom is -0.352 e. The van der Waals surface area contributed by atoms with Crippen molar-refractivity contribution >= 4 is 27.5 Å². The molecule has 0 saturated heterocycles. The molecule has 1 aliphatic rings. The van der Waals surface area contributed by atoms with Gasteiger partial charge in [-0.2, -0.15) is 0 Å². The fourth-order valence-corrected chi connectivity index (χ4v) is 6.42. The molecule has 0 bridgehead atoms. The second kappa shape index (κ2) is 13.8. The molecule has 1 unspecified atom stereocenters. The molecule has 4 rings (SSSR count). The molecule has 1 atom stereocenters. The predicted molar refractivity (Wildman–Crippen MR) is 164 cm³/mol. The van der Waals surface area contributed by atoms with Crippen LogP contribution in [0.1, 0.15) is 54.4 Å². The third kappa shape index (κ3) is 8.67. The Bertz CT molecular complexity index is 1400. The van der Waals surface area contributed by atoms with E-state index in [0.717, 1.165) is 64.9 Å². The number of anilines is 1. The van der Waals surface area contributed by atoms with Gasteiger partial charge in [0.1, 0.15) is 12.6 Å². The van der Waals surface area contributed by atoms with Gasteiger partial charge < -0.3 is 10.2 Å². The van der Waals surface area contributed by atoms with Crippen molar-refractivity contribution in [3.8, 4) is 0 Å². The van der Waals surface area contributed by atoms with Gasteiger partial charge in [-0.05, 0) is 61.1 Å². The van der Waals surface area contributed by atoms with E-state index in [4.69, 9.17) is 0 Å². The lowest BCUT2D eigenvalue weighted by molar-refractivity contribution is -0.140. The summed E-state index contributed by atoms with van der Waals surface area (Å²) in [6.07, 6.45) is 6.58. The van der Waals surface area contributed by atoms with E-state index in [0.29, 0.717) is 12.1 Å². The number of carbonyl (C=O) groups excluding carboxylic acids is 2. The fourth-order valence-electron chi connectivity index (χ4n) is 5.59. The van der Waals surface area contributed by atoms with Gasteiger partial charge in [-0.25, -0.2) is 8.42 Å². The number of nitrogens with zero attached hydrogens (tertiary/aromatic N) is 2. The summed E-state index contributed by atoms with van der Waals surface area (Å²) in [4.78, 5) is 29.7. The molecule has 8 heteroatoms. The standard InChI is InChI=1S/C33H41N3O4S/c1-25-19-26(2)21-30(20-25)36(41(3,39)40)24-32(37)35(23-28-15-9-5-10-16-28)31(22-27-13-7-4-8-14-27)33(38)34-29-17-11-6-12-18-29/h4-5,7-10,13-16,19-21,29,31H,6,11-12,17-18,22-24H2,1-3H3,(H,34,38). The summed E-state index contributed by atoms with van der Waals surface area (Å²) in [7, 11) is -3.80. The first-order valence-corrected chi connectivity index (χ1v) is 16.2. The van der Waals surface area contributed by atoms with Crippen molar-refractivity contribution in [3.63, 3.8) is 0 Å². The maximum absolute atomic E-state index is 14.2. The van der Waals surface area contributed by atoms with Crippen molar-refractivity contribution < 1.29 is 18.0 Å². The highest BCUT2D eigenvalue weighted by Gasteiger charge is 2.34. The average molecular weight is 576 g/mol. The smallest absolute Gasteiger partial charge is 0.244 e. The molecule has 0 heterocycles. The molecule has 0 aromatic heterocycles. The zero-order chi connectivity index (χ0) is 29.4. The van der Waals surface area contributed by atoms with Gasteiger partial charge in [0, 0.05) is 19.0 Å². The van der Waals surface area contributed by atoms with Crippen LogP contribution in [0.15, 0.2) is 78.9 Å². The van der Waals surface area contributed by atoms with E-state index in [1.165, 1.54) is 0 Å². The van der Waals surface area contributed by atoms with Crippen LogP contribution in [-0.2, 0) is 32.6 Å². The Labute approximate surface area is 244 Å². The van der Waals surface area contributed by atoms with Gasteiger partial charge >= 0.3 is 0 Å². The Hall–Kier alpha value is -3.65. The van der Waals surface area contributed by atoms with Crippen molar-refractivity contribution in [2.45, 2.75) is 71.0 Å². The molecule has 218 valence electrons. The molecular weight excluding hydrogens is 534 g/mol. The third-order valence-corrected chi connectivity index (χ3v) is 8.73. The highest BCUT2D eigenvalue weighted by atomic mass is 32.2. The van der Waals surface area contributed by atoms with Crippen LogP contribution < -0.4 is 9.62 Å². The Morgan fingerprint density at radius 1 is 0.854 bits per heavy atom. The van der Waals surface area contributed by atoms with Crippen LogP contribution in [0.25, 0.3) is 0 Å². The van der Waals surface area contributed by atoms with Crippen molar-refractivity contribution in [1.29, 1.82) is 0 Å². The van der Waals surface area contributed by atoms with Gasteiger partial charge in [0.05, 0.1) is 11.9 Å². The lowest BCUT2D eigenvalue weighted by atomic mass is 9.94. The third-order valence-electron chi connectivity index (χ3n) is 7.59. The van der Waals surface area contributed by atoms with Crippen LogP contribution in [0, 0.1) is 13.8 Å². The maximum Gasteiger partial charge on any atom is 0.244 e. The topological polar surface area (TPSA) is 86.8 Å². The van der Waals surface area contributed by atoms with Gasteiger partial charge in [0.25, 0.3) is 0 Å². The summed E-state index contributed by atoms with van der Waals surface area (Å²) in [6, 6.07) is 23.9. The van der Waals surface area contributed by atoms with Gasteiger partial charge in [0.2, 0.25) is 21.8 Å². The van der Waals surface area contributed by atoms with E-state index in [-0.39, 0.29) is 18.5 Å². The minimum absolute atomic E-state index is 0.0750. The number of rotatable bonds is 11. The lowest BCUT2D eigenvalue weighted by Crippen LogP contribution is -2.55. The molecule has 0 radical (unpaired) electrons. The minimum atomic E-state index is -3.80. The number of hydrogen-bond donors (Lipinski definition) is 1.